The van der Waals surface area contributed by atoms with Gasteiger partial charge in [-0.05, 0) is 97.7 Å². The Morgan fingerprint density at radius 3 is 2.58 bits per heavy atom. The molecule has 0 amide bonds. The van der Waals surface area contributed by atoms with Crippen LogP contribution in [0.2, 0.25) is 0 Å². The molecule has 0 spiro atoms. The van der Waals surface area contributed by atoms with E-state index in [1.54, 1.807) is 5.57 Å². The molecule has 4 rings (SSSR count). The summed E-state index contributed by atoms with van der Waals surface area (Å²) in [5, 5.41) is 9.14. The zero-order valence-corrected chi connectivity index (χ0v) is 21.2. The molecular formula is C29H50O2. The second kappa shape index (κ2) is 9.49. The number of allylic oxidation sites excluding steroid dienone is 1. The van der Waals surface area contributed by atoms with Crippen LogP contribution in [0.1, 0.15) is 105 Å². The van der Waals surface area contributed by atoms with Gasteiger partial charge in [0.15, 0.2) is 0 Å². The summed E-state index contributed by atoms with van der Waals surface area (Å²) < 4.78 is 5.94. The lowest BCUT2D eigenvalue weighted by atomic mass is 9.47. The highest BCUT2D eigenvalue weighted by atomic mass is 16.5. The summed E-state index contributed by atoms with van der Waals surface area (Å²) in [5.41, 5.74) is 2.69. The Balaban J connectivity index is 1.45. The number of fused-ring (bicyclic) bond motifs is 5. The lowest BCUT2D eigenvalue weighted by Gasteiger charge is -2.58. The number of rotatable bonds is 8. The van der Waals surface area contributed by atoms with E-state index in [2.05, 4.69) is 40.7 Å². The van der Waals surface area contributed by atoms with E-state index in [-0.39, 0.29) is 6.61 Å². The Labute approximate surface area is 192 Å². The summed E-state index contributed by atoms with van der Waals surface area (Å²) in [6, 6.07) is 0. The molecule has 178 valence electrons. The molecule has 3 saturated carbocycles. The molecular weight excluding hydrogens is 380 g/mol. The van der Waals surface area contributed by atoms with Gasteiger partial charge in [0, 0.05) is 0 Å². The molecule has 2 nitrogen and oxygen atoms in total. The van der Waals surface area contributed by atoms with Crippen LogP contribution in [0.5, 0.6) is 0 Å². The van der Waals surface area contributed by atoms with Crippen LogP contribution in [0.4, 0.5) is 0 Å². The Morgan fingerprint density at radius 1 is 1.03 bits per heavy atom. The molecule has 1 N–H and O–H groups in total. The molecule has 8 atom stereocenters. The highest BCUT2D eigenvalue weighted by Gasteiger charge is 2.59. The van der Waals surface area contributed by atoms with Crippen molar-refractivity contribution in [3.63, 3.8) is 0 Å². The summed E-state index contributed by atoms with van der Waals surface area (Å²) >= 11 is 0. The molecule has 0 aromatic heterocycles. The maximum atomic E-state index is 9.14. The maximum absolute atomic E-state index is 9.14. The number of aliphatic hydroxyl groups is 1. The zero-order chi connectivity index (χ0) is 22.2. The van der Waals surface area contributed by atoms with Crippen molar-refractivity contribution >= 4 is 0 Å². The zero-order valence-electron chi connectivity index (χ0n) is 21.2. The van der Waals surface area contributed by atoms with E-state index in [9.17, 15) is 0 Å². The fourth-order valence-electron chi connectivity index (χ4n) is 9.01. The summed E-state index contributed by atoms with van der Waals surface area (Å²) in [4.78, 5) is 0. The minimum atomic E-state index is 0.148. The third-order valence-electron chi connectivity index (χ3n) is 10.7. The van der Waals surface area contributed by atoms with E-state index in [1.807, 2.05) is 0 Å². The van der Waals surface area contributed by atoms with Gasteiger partial charge >= 0.3 is 0 Å². The topological polar surface area (TPSA) is 29.5 Å². The predicted molar refractivity (Wildman–Crippen MR) is 130 cm³/mol. The van der Waals surface area contributed by atoms with Crippen LogP contribution in [0.3, 0.4) is 0 Å². The summed E-state index contributed by atoms with van der Waals surface area (Å²) in [7, 11) is 0. The molecule has 0 heterocycles. The molecule has 31 heavy (non-hydrogen) atoms. The van der Waals surface area contributed by atoms with E-state index in [0.717, 1.165) is 41.9 Å². The quantitative estimate of drug-likeness (QED) is 0.406. The molecule has 3 fully saturated rings. The predicted octanol–water partition coefficient (Wildman–Crippen LogP) is 7.41. The molecule has 0 aromatic rings. The van der Waals surface area contributed by atoms with Crippen molar-refractivity contribution in [3.8, 4) is 0 Å². The summed E-state index contributed by atoms with van der Waals surface area (Å²) in [6.07, 6.45) is 18.0. The molecule has 0 aliphatic heterocycles. The third-order valence-corrected chi connectivity index (χ3v) is 10.7. The number of ether oxygens (including phenoxy) is 1. The second-order valence-electron chi connectivity index (χ2n) is 12.7. The maximum Gasteiger partial charge on any atom is 0.0701 e. The van der Waals surface area contributed by atoms with Crippen molar-refractivity contribution in [2.45, 2.75) is 111 Å². The Bertz CT molecular complexity index is 639. The Kier molecular flexibility index (Phi) is 7.29. The van der Waals surface area contributed by atoms with Gasteiger partial charge in [0.25, 0.3) is 0 Å². The molecule has 0 unspecified atom stereocenters. The van der Waals surface area contributed by atoms with Crippen molar-refractivity contribution in [1.82, 2.24) is 0 Å². The van der Waals surface area contributed by atoms with Gasteiger partial charge in [-0.15, -0.1) is 0 Å². The first kappa shape index (κ1) is 23.8. The van der Waals surface area contributed by atoms with Crippen molar-refractivity contribution in [3.05, 3.63) is 11.6 Å². The SMILES string of the molecule is CC(C)CCC[C@H](C)[C@@H]1CC[C@@H]2[C@@H]3CC=C4C[C@@H](OCCO)CC[C@]4(C)[C@@H]3CC[C@@]21C. The van der Waals surface area contributed by atoms with Crippen LogP contribution < -0.4 is 0 Å². The van der Waals surface area contributed by atoms with E-state index in [4.69, 9.17) is 9.84 Å². The highest BCUT2D eigenvalue weighted by molar-refractivity contribution is 5.25. The largest absolute Gasteiger partial charge is 0.394 e. The van der Waals surface area contributed by atoms with Crippen LogP contribution >= 0.6 is 0 Å². The van der Waals surface area contributed by atoms with Crippen LogP contribution in [0, 0.1) is 46.3 Å². The van der Waals surface area contributed by atoms with Crippen LogP contribution in [0.25, 0.3) is 0 Å². The summed E-state index contributed by atoms with van der Waals surface area (Å²) in [5.74, 6) is 5.44. The van der Waals surface area contributed by atoms with Gasteiger partial charge in [-0.2, -0.15) is 0 Å². The first-order valence-electron chi connectivity index (χ1n) is 13.7. The van der Waals surface area contributed by atoms with E-state index in [1.165, 1.54) is 64.2 Å². The fourth-order valence-corrected chi connectivity index (χ4v) is 9.01. The Morgan fingerprint density at radius 2 is 1.84 bits per heavy atom. The molecule has 4 aliphatic rings. The van der Waals surface area contributed by atoms with Gasteiger partial charge in [0.05, 0.1) is 19.3 Å². The number of aliphatic hydroxyl groups excluding tert-OH is 1. The standard InChI is InChI=1S/C29H50O2/c1-20(2)7-6-8-21(3)25-11-12-26-24-10-9-22-19-23(31-18-17-30)13-15-28(22,4)27(24)14-16-29(25,26)5/h9,20-21,23-27,30H,6-8,10-19H2,1-5H3/t21-,23-,24-,25-,26+,27+,28-,29+/m0/s1. The van der Waals surface area contributed by atoms with Gasteiger partial charge in [0.1, 0.15) is 0 Å². The molecule has 0 saturated heterocycles. The average Bonchev–Trinajstić information content (AvgIpc) is 3.09. The molecule has 0 bridgehead atoms. The second-order valence-corrected chi connectivity index (χ2v) is 12.7. The van der Waals surface area contributed by atoms with Crippen molar-refractivity contribution in [1.29, 1.82) is 0 Å². The van der Waals surface area contributed by atoms with Crippen molar-refractivity contribution < 1.29 is 9.84 Å². The van der Waals surface area contributed by atoms with Crippen molar-refractivity contribution in [2.24, 2.45) is 46.3 Å². The monoisotopic (exact) mass is 430 g/mol. The minimum Gasteiger partial charge on any atom is -0.394 e. The van der Waals surface area contributed by atoms with E-state index in [0.29, 0.717) is 23.5 Å². The lowest BCUT2D eigenvalue weighted by Crippen LogP contribution is -2.51. The fraction of sp³-hybridized carbons (Fsp3) is 0.931. The Hall–Kier alpha value is -0.340. The molecule has 4 aliphatic carbocycles. The minimum absolute atomic E-state index is 0.148. The lowest BCUT2D eigenvalue weighted by molar-refractivity contribution is -0.0658. The summed E-state index contributed by atoms with van der Waals surface area (Å²) in [6.45, 7) is 13.3. The number of hydrogen-bond donors (Lipinski definition) is 1. The van der Waals surface area contributed by atoms with Crippen LogP contribution in [-0.4, -0.2) is 24.4 Å². The van der Waals surface area contributed by atoms with Crippen molar-refractivity contribution in [2.75, 3.05) is 13.2 Å². The third kappa shape index (κ3) is 4.42. The van der Waals surface area contributed by atoms with Gasteiger partial charge in [-0.3, -0.25) is 0 Å². The van der Waals surface area contributed by atoms with Gasteiger partial charge in [-0.1, -0.05) is 65.5 Å². The van der Waals surface area contributed by atoms with E-state index < -0.39 is 0 Å². The normalized spacial score (nSPS) is 43.2. The van der Waals surface area contributed by atoms with Gasteiger partial charge in [0.2, 0.25) is 0 Å². The van der Waals surface area contributed by atoms with Gasteiger partial charge in [-0.25, -0.2) is 0 Å². The van der Waals surface area contributed by atoms with E-state index >= 15 is 0 Å². The molecule has 0 aromatic carbocycles. The van der Waals surface area contributed by atoms with Gasteiger partial charge < -0.3 is 9.84 Å². The average molecular weight is 431 g/mol. The first-order chi connectivity index (χ1) is 14.8. The smallest absolute Gasteiger partial charge is 0.0701 e. The molecule has 2 heteroatoms. The molecule has 0 radical (unpaired) electrons. The van der Waals surface area contributed by atoms with Crippen LogP contribution in [-0.2, 0) is 4.74 Å². The first-order valence-corrected chi connectivity index (χ1v) is 13.7. The highest BCUT2D eigenvalue weighted by Crippen LogP contribution is 2.67. The van der Waals surface area contributed by atoms with Crippen LogP contribution in [0.15, 0.2) is 11.6 Å². The number of hydrogen-bond acceptors (Lipinski definition) is 2.